The largest absolute Gasteiger partial charge is 0.384 e. The van der Waals surface area contributed by atoms with Crippen LogP contribution in [0.1, 0.15) is 47.3 Å². The Morgan fingerprint density at radius 1 is 1.03 bits per heavy atom. The van der Waals surface area contributed by atoms with Crippen molar-refractivity contribution in [3.8, 4) is 0 Å². The number of piperidine rings is 1. The van der Waals surface area contributed by atoms with Crippen LogP contribution in [-0.2, 0) is 11.3 Å². The molecule has 1 aliphatic heterocycles. The van der Waals surface area contributed by atoms with Crippen LogP contribution in [-0.4, -0.2) is 53.3 Å². The highest BCUT2D eigenvalue weighted by Gasteiger charge is 2.26. The molecule has 8 N–H and O–H groups in total. The zero-order valence-electron chi connectivity index (χ0n) is 20.5. The van der Waals surface area contributed by atoms with Crippen molar-refractivity contribution >= 4 is 34.2 Å². The minimum absolute atomic E-state index is 0.00539. The van der Waals surface area contributed by atoms with E-state index in [1.165, 1.54) is 0 Å². The third kappa shape index (κ3) is 5.75. The van der Waals surface area contributed by atoms with Gasteiger partial charge in [-0.3, -0.25) is 15.0 Å². The van der Waals surface area contributed by atoms with Gasteiger partial charge in [0.05, 0.1) is 0 Å². The summed E-state index contributed by atoms with van der Waals surface area (Å²) in [7, 11) is 0. The number of amides is 2. The van der Waals surface area contributed by atoms with E-state index in [9.17, 15) is 9.59 Å². The fourth-order valence-electron chi connectivity index (χ4n) is 4.88. The number of rotatable bonds is 9. The van der Waals surface area contributed by atoms with Crippen molar-refractivity contribution in [2.45, 2.75) is 32.2 Å². The first-order chi connectivity index (χ1) is 17.4. The number of fused-ring (bicyclic) bond motifs is 1. The molecular weight excluding hydrogens is 454 g/mol. The number of hydrogen-bond donors (Lipinski definition) is 5. The number of hydrogen-bond acceptors (Lipinski definition) is 5. The number of carbonyl (C=O) groups excluding carboxylic acids is 2. The number of nitrogens with one attached hydrogen (secondary N) is 2. The van der Waals surface area contributed by atoms with Crippen LogP contribution >= 0.6 is 0 Å². The predicted molar refractivity (Wildman–Crippen MR) is 143 cm³/mol. The average Bonchev–Trinajstić information content (AvgIpc) is 3.22. The van der Waals surface area contributed by atoms with E-state index < -0.39 is 0 Å². The van der Waals surface area contributed by atoms with Crippen LogP contribution in [0, 0.1) is 11.3 Å². The van der Waals surface area contributed by atoms with Gasteiger partial charge in [-0.15, -0.1) is 0 Å². The highest BCUT2D eigenvalue weighted by atomic mass is 16.2. The lowest BCUT2D eigenvalue weighted by Crippen LogP contribution is -2.39. The maximum atomic E-state index is 13.7. The Morgan fingerprint density at radius 3 is 2.50 bits per heavy atom. The monoisotopic (exact) mass is 489 g/mol. The van der Waals surface area contributed by atoms with E-state index in [-0.39, 0.29) is 30.6 Å². The van der Waals surface area contributed by atoms with Gasteiger partial charge in [-0.05, 0) is 61.6 Å². The van der Waals surface area contributed by atoms with Crippen molar-refractivity contribution in [2.75, 3.05) is 31.5 Å². The van der Waals surface area contributed by atoms with Crippen LogP contribution in [0.4, 0.5) is 5.69 Å². The first-order valence-electron chi connectivity index (χ1n) is 12.5. The number of benzene rings is 2. The SMILES string of the molecule is N=C(N)c1ccc2cc(C(=O)N3CCC(CCN)CC3)n(Cc3cccc(NC(=O)CCN)c3)c2c1. The van der Waals surface area contributed by atoms with Gasteiger partial charge in [0.25, 0.3) is 5.91 Å². The molecule has 9 heteroatoms. The van der Waals surface area contributed by atoms with E-state index in [1.807, 2.05) is 51.9 Å². The van der Waals surface area contributed by atoms with E-state index in [0.717, 1.165) is 35.7 Å². The highest BCUT2D eigenvalue weighted by Crippen LogP contribution is 2.27. The maximum Gasteiger partial charge on any atom is 0.270 e. The van der Waals surface area contributed by atoms with Gasteiger partial charge in [0.2, 0.25) is 5.91 Å². The molecule has 0 saturated carbocycles. The molecule has 9 nitrogen and oxygen atoms in total. The van der Waals surface area contributed by atoms with Gasteiger partial charge in [0, 0.05) is 54.8 Å². The first kappa shape index (κ1) is 25.4. The second-order valence-electron chi connectivity index (χ2n) is 9.40. The van der Waals surface area contributed by atoms with Crippen molar-refractivity contribution < 1.29 is 9.59 Å². The molecule has 1 aliphatic rings. The van der Waals surface area contributed by atoms with E-state index in [2.05, 4.69) is 5.32 Å². The van der Waals surface area contributed by atoms with E-state index >= 15 is 0 Å². The third-order valence-corrected chi connectivity index (χ3v) is 6.83. The summed E-state index contributed by atoms with van der Waals surface area (Å²) in [4.78, 5) is 27.6. The second kappa shape index (κ2) is 11.4. The van der Waals surface area contributed by atoms with Crippen LogP contribution in [0.3, 0.4) is 0 Å². The van der Waals surface area contributed by atoms with Crippen molar-refractivity contribution in [2.24, 2.45) is 23.1 Å². The van der Waals surface area contributed by atoms with Crippen molar-refractivity contribution in [1.29, 1.82) is 5.41 Å². The minimum Gasteiger partial charge on any atom is -0.384 e. The fraction of sp³-hybridized carbons (Fsp3) is 0.370. The summed E-state index contributed by atoms with van der Waals surface area (Å²) in [6.07, 6.45) is 3.17. The lowest BCUT2D eigenvalue weighted by molar-refractivity contribution is -0.116. The smallest absolute Gasteiger partial charge is 0.270 e. The molecule has 2 aromatic carbocycles. The van der Waals surface area contributed by atoms with Crippen molar-refractivity contribution in [1.82, 2.24) is 9.47 Å². The summed E-state index contributed by atoms with van der Waals surface area (Å²) in [5, 5.41) is 11.7. The number of carbonyl (C=O) groups is 2. The second-order valence-corrected chi connectivity index (χ2v) is 9.40. The Labute approximate surface area is 211 Å². The molecule has 3 aromatic rings. The summed E-state index contributed by atoms with van der Waals surface area (Å²) in [6.45, 7) is 2.82. The van der Waals surface area contributed by atoms with Crippen LogP contribution < -0.4 is 22.5 Å². The third-order valence-electron chi connectivity index (χ3n) is 6.83. The Kier molecular flexibility index (Phi) is 8.02. The minimum atomic E-state index is -0.138. The van der Waals surface area contributed by atoms with Crippen LogP contribution in [0.25, 0.3) is 10.9 Å². The number of anilines is 1. The summed E-state index contributed by atoms with van der Waals surface area (Å²) < 4.78 is 1.98. The lowest BCUT2D eigenvalue weighted by Gasteiger charge is -2.32. The van der Waals surface area contributed by atoms with Crippen LogP contribution in [0.15, 0.2) is 48.5 Å². The first-order valence-corrected chi connectivity index (χ1v) is 12.5. The molecule has 2 heterocycles. The summed E-state index contributed by atoms with van der Waals surface area (Å²) in [5.41, 5.74) is 20.6. The molecular formula is C27H35N7O2. The number of nitrogens with two attached hydrogens (primary N) is 3. The van der Waals surface area contributed by atoms with E-state index in [1.54, 1.807) is 6.07 Å². The lowest BCUT2D eigenvalue weighted by atomic mass is 9.93. The van der Waals surface area contributed by atoms with Crippen LogP contribution in [0.5, 0.6) is 0 Å². The molecule has 1 aromatic heterocycles. The number of aromatic nitrogens is 1. The molecule has 0 aliphatic carbocycles. The number of likely N-dealkylation sites (tertiary alicyclic amines) is 1. The standard InChI is InChI=1S/C27H35N7O2/c28-10-6-18-8-12-33(13-9-18)27(36)24-15-20-4-5-21(26(30)31)16-23(20)34(24)17-19-2-1-3-22(14-19)32-25(35)7-11-29/h1-5,14-16,18H,6-13,17,28-29H2,(H3,30,31)(H,32,35). The van der Waals surface area contributed by atoms with Gasteiger partial charge >= 0.3 is 0 Å². The zero-order valence-corrected chi connectivity index (χ0v) is 20.5. The molecule has 0 unspecified atom stereocenters. The molecule has 36 heavy (non-hydrogen) atoms. The predicted octanol–water partition coefficient (Wildman–Crippen LogP) is 2.46. The molecule has 1 fully saturated rings. The molecule has 4 rings (SSSR count). The summed E-state index contributed by atoms with van der Waals surface area (Å²) >= 11 is 0. The van der Waals surface area contributed by atoms with Gasteiger partial charge < -0.3 is 32.0 Å². The Bertz CT molecular complexity index is 1260. The van der Waals surface area contributed by atoms with E-state index in [0.29, 0.717) is 49.0 Å². The van der Waals surface area contributed by atoms with Gasteiger partial charge in [-0.2, -0.15) is 0 Å². The quantitative estimate of drug-likeness (QED) is 0.231. The highest BCUT2D eigenvalue weighted by molar-refractivity contribution is 6.02. The number of amidine groups is 1. The summed E-state index contributed by atoms with van der Waals surface area (Å²) in [6, 6.07) is 15.1. The van der Waals surface area contributed by atoms with Crippen LogP contribution in [0.2, 0.25) is 0 Å². The van der Waals surface area contributed by atoms with Crippen molar-refractivity contribution in [3.05, 3.63) is 65.4 Å². The normalized spacial score (nSPS) is 14.2. The van der Waals surface area contributed by atoms with Gasteiger partial charge in [0.1, 0.15) is 11.5 Å². The fourth-order valence-corrected chi connectivity index (χ4v) is 4.88. The molecule has 0 radical (unpaired) electrons. The topological polar surface area (TPSA) is 156 Å². The number of nitrogens with zero attached hydrogens (tertiary/aromatic N) is 2. The zero-order chi connectivity index (χ0) is 25.7. The van der Waals surface area contributed by atoms with Gasteiger partial charge in [0.15, 0.2) is 0 Å². The molecule has 2 amide bonds. The summed E-state index contributed by atoms with van der Waals surface area (Å²) in [5.74, 6) is 0.402. The molecule has 1 saturated heterocycles. The Balaban J connectivity index is 1.67. The van der Waals surface area contributed by atoms with Gasteiger partial charge in [-0.1, -0.05) is 24.3 Å². The molecule has 0 spiro atoms. The van der Waals surface area contributed by atoms with E-state index in [4.69, 9.17) is 22.6 Å². The van der Waals surface area contributed by atoms with Gasteiger partial charge in [-0.25, -0.2) is 0 Å². The Hall–Kier alpha value is -3.69. The number of nitrogen functional groups attached to an aromatic ring is 1. The average molecular weight is 490 g/mol. The Morgan fingerprint density at radius 2 is 1.81 bits per heavy atom. The maximum absolute atomic E-state index is 13.7. The molecule has 0 bridgehead atoms. The molecule has 190 valence electrons. The molecule has 0 atom stereocenters. The van der Waals surface area contributed by atoms with Crippen molar-refractivity contribution in [3.63, 3.8) is 0 Å².